The molecule has 18 heavy (non-hydrogen) atoms. The van der Waals surface area contributed by atoms with E-state index in [2.05, 4.69) is 4.98 Å². The molecule has 2 rings (SSSR count). The van der Waals surface area contributed by atoms with E-state index < -0.39 is 6.10 Å². The van der Waals surface area contributed by atoms with Crippen molar-refractivity contribution < 1.29 is 14.2 Å². The lowest BCUT2D eigenvalue weighted by atomic mass is 10.2. The molecule has 4 heteroatoms. The van der Waals surface area contributed by atoms with Crippen molar-refractivity contribution in [1.29, 1.82) is 0 Å². The van der Waals surface area contributed by atoms with Crippen LogP contribution in [0.5, 0.6) is 11.6 Å². The summed E-state index contributed by atoms with van der Waals surface area (Å²) in [5.41, 5.74) is 1.28. The highest BCUT2D eigenvalue weighted by atomic mass is 19.1. The third kappa shape index (κ3) is 2.84. The van der Waals surface area contributed by atoms with Crippen LogP contribution in [0.15, 0.2) is 36.5 Å². The van der Waals surface area contributed by atoms with Crippen molar-refractivity contribution in [2.45, 2.75) is 20.0 Å². The number of aliphatic hydroxyl groups is 1. The van der Waals surface area contributed by atoms with Gasteiger partial charge in [0.25, 0.3) is 0 Å². The fourth-order valence-electron chi connectivity index (χ4n) is 1.46. The van der Waals surface area contributed by atoms with Crippen LogP contribution in [0.25, 0.3) is 0 Å². The Morgan fingerprint density at radius 1 is 1.28 bits per heavy atom. The fraction of sp³-hybridized carbons (Fsp3) is 0.214. The number of rotatable bonds is 3. The summed E-state index contributed by atoms with van der Waals surface area (Å²) in [6.07, 6.45) is 0.966. The molecule has 0 saturated heterocycles. The van der Waals surface area contributed by atoms with Gasteiger partial charge in [0.05, 0.1) is 6.10 Å². The Morgan fingerprint density at radius 2 is 2.06 bits per heavy atom. The molecule has 0 aliphatic heterocycles. The number of ether oxygens (including phenoxy) is 1. The number of aliphatic hydroxyl groups excluding tert-OH is 1. The number of hydrogen-bond acceptors (Lipinski definition) is 3. The van der Waals surface area contributed by atoms with Crippen molar-refractivity contribution in [2.24, 2.45) is 0 Å². The molecule has 1 aromatic heterocycles. The summed E-state index contributed by atoms with van der Waals surface area (Å²) >= 11 is 0. The number of benzene rings is 1. The summed E-state index contributed by atoms with van der Waals surface area (Å²) in [5, 5.41) is 9.34. The molecule has 94 valence electrons. The summed E-state index contributed by atoms with van der Waals surface area (Å²) in [6, 6.07) is 8.01. The van der Waals surface area contributed by atoms with Gasteiger partial charge in [0.15, 0.2) is 0 Å². The Labute approximate surface area is 105 Å². The quantitative estimate of drug-likeness (QED) is 0.904. The van der Waals surface area contributed by atoms with Crippen LogP contribution in [0.2, 0.25) is 0 Å². The van der Waals surface area contributed by atoms with Gasteiger partial charge in [0, 0.05) is 18.3 Å². The minimum Gasteiger partial charge on any atom is -0.439 e. The summed E-state index contributed by atoms with van der Waals surface area (Å²) in [4.78, 5) is 4.04. The summed E-state index contributed by atoms with van der Waals surface area (Å²) in [5.74, 6) is 0.450. The molecule has 0 radical (unpaired) electrons. The van der Waals surface area contributed by atoms with E-state index in [-0.39, 0.29) is 5.82 Å². The lowest BCUT2D eigenvalue weighted by Gasteiger charge is -2.07. The maximum Gasteiger partial charge on any atom is 0.219 e. The highest BCUT2D eigenvalue weighted by molar-refractivity contribution is 5.31. The van der Waals surface area contributed by atoms with Crippen LogP contribution in [-0.2, 0) is 0 Å². The molecule has 0 amide bonds. The van der Waals surface area contributed by atoms with E-state index in [1.54, 1.807) is 38.1 Å². The molecule has 0 fully saturated rings. The first-order valence-corrected chi connectivity index (χ1v) is 5.64. The van der Waals surface area contributed by atoms with E-state index in [0.29, 0.717) is 22.8 Å². The summed E-state index contributed by atoms with van der Waals surface area (Å²) < 4.78 is 18.7. The average molecular weight is 247 g/mol. The van der Waals surface area contributed by atoms with Crippen LogP contribution >= 0.6 is 0 Å². The van der Waals surface area contributed by atoms with Crippen molar-refractivity contribution in [1.82, 2.24) is 4.98 Å². The Morgan fingerprint density at radius 3 is 2.61 bits per heavy atom. The molecule has 2 aromatic rings. The molecular weight excluding hydrogens is 233 g/mol. The van der Waals surface area contributed by atoms with Gasteiger partial charge in [-0.15, -0.1) is 0 Å². The standard InChI is InChI=1S/C14H14FNO2/c1-9-3-5-12(7-13(9)15)18-14-6-4-11(8-16-14)10(2)17/h3-8,10,17H,1-2H3. The second-order valence-electron chi connectivity index (χ2n) is 4.12. The van der Waals surface area contributed by atoms with E-state index in [1.807, 2.05) is 0 Å². The van der Waals surface area contributed by atoms with Gasteiger partial charge in [-0.25, -0.2) is 9.37 Å². The van der Waals surface area contributed by atoms with E-state index in [0.717, 1.165) is 0 Å². The Bertz CT molecular complexity index is 538. The lowest BCUT2D eigenvalue weighted by molar-refractivity contribution is 0.198. The van der Waals surface area contributed by atoms with Gasteiger partial charge in [-0.05, 0) is 37.1 Å². The van der Waals surface area contributed by atoms with Crippen molar-refractivity contribution in [3.05, 3.63) is 53.5 Å². The molecular formula is C14H14FNO2. The lowest BCUT2D eigenvalue weighted by Crippen LogP contribution is -1.94. The van der Waals surface area contributed by atoms with Crippen LogP contribution in [0.1, 0.15) is 24.2 Å². The second-order valence-corrected chi connectivity index (χ2v) is 4.12. The Hall–Kier alpha value is -1.94. The largest absolute Gasteiger partial charge is 0.439 e. The molecule has 0 spiro atoms. The molecule has 0 bridgehead atoms. The van der Waals surface area contributed by atoms with Gasteiger partial charge in [-0.2, -0.15) is 0 Å². The number of nitrogens with zero attached hydrogens (tertiary/aromatic N) is 1. The maximum absolute atomic E-state index is 13.3. The Kier molecular flexibility index (Phi) is 3.58. The minimum absolute atomic E-state index is 0.312. The fourth-order valence-corrected chi connectivity index (χ4v) is 1.46. The number of halogens is 1. The van der Waals surface area contributed by atoms with Gasteiger partial charge in [0.2, 0.25) is 5.88 Å². The molecule has 0 aliphatic carbocycles. The van der Waals surface area contributed by atoms with E-state index in [4.69, 9.17) is 4.74 Å². The molecule has 1 heterocycles. The first kappa shape index (κ1) is 12.5. The second kappa shape index (κ2) is 5.14. The zero-order valence-electron chi connectivity index (χ0n) is 10.2. The van der Waals surface area contributed by atoms with Crippen molar-refractivity contribution in [3.63, 3.8) is 0 Å². The predicted octanol–water partition coefficient (Wildman–Crippen LogP) is 3.37. The molecule has 1 atom stereocenters. The number of hydrogen-bond donors (Lipinski definition) is 1. The number of aromatic nitrogens is 1. The van der Waals surface area contributed by atoms with Gasteiger partial charge < -0.3 is 9.84 Å². The molecule has 1 aromatic carbocycles. The Balaban J connectivity index is 2.15. The number of aryl methyl sites for hydroxylation is 1. The first-order chi connectivity index (χ1) is 8.56. The van der Waals surface area contributed by atoms with Crippen LogP contribution in [0, 0.1) is 12.7 Å². The van der Waals surface area contributed by atoms with Crippen molar-refractivity contribution in [2.75, 3.05) is 0 Å². The highest BCUT2D eigenvalue weighted by Gasteiger charge is 2.04. The molecule has 0 aliphatic rings. The van der Waals surface area contributed by atoms with E-state index in [9.17, 15) is 9.50 Å². The van der Waals surface area contributed by atoms with Gasteiger partial charge in [-0.3, -0.25) is 0 Å². The van der Waals surface area contributed by atoms with Crippen LogP contribution in [-0.4, -0.2) is 10.1 Å². The van der Waals surface area contributed by atoms with Gasteiger partial charge in [0.1, 0.15) is 11.6 Å². The SMILES string of the molecule is Cc1ccc(Oc2ccc(C(C)O)cn2)cc1F. The topological polar surface area (TPSA) is 42.4 Å². The summed E-state index contributed by atoms with van der Waals surface area (Å²) in [6.45, 7) is 3.35. The van der Waals surface area contributed by atoms with E-state index in [1.165, 1.54) is 12.3 Å². The van der Waals surface area contributed by atoms with Crippen LogP contribution in [0.3, 0.4) is 0 Å². The van der Waals surface area contributed by atoms with Crippen LogP contribution in [0.4, 0.5) is 4.39 Å². The normalized spacial score (nSPS) is 12.2. The zero-order valence-corrected chi connectivity index (χ0v) is 10.2. The van der Waals surface area contributed by atoms with Crippen molar-refractivity contribution >= 4 is 0 Å². The smallest absolute Gasteiger partial charge is 0.219 e. The third-order valence-electron chi connectivity index (χ3n) is 2.61. The van der Waals surface area contributed by atoms with Gasteiger partial charge >= 0.3 is 0 Å². The minimum atomic E-state index is -0.566. The maximum atomic E-state index is 13.3. The number of pyridine rings is 1. The molecule has 1 N–H and O–H groups in total. The predicted molar refractivity (Wildman–Crippen MR) is 66.1 cm³/mol. The molecule has 1 unspecified atom stereocenters. The zero-order chi connectivity index (χ0) is 13.1. The third-order valence-corrected chi connectivity index (χ3v) is 2.61. The highest BCUT2D eigenvalue weighted by Crippen LogP contribution is 2.22. The van der Waals surface area contributed by atoms with Crippen molar-refractivity contribution in [3.8, 4) is 11.6 Å². The molecule has 3 nitrogen and oxygen atoms in total. The monoisotopic (exact) mass is 247 g/mol. The molecule has 0 saturated carbocycles. The van der Waals surface area contributed by atoms with E-state index >= 15 is 0 Å². The van der Waals surface area contributed by atoms with Gasteiger partial charge in [-0.1, -0.05) is 6.07 Å². The average Bonchev–Trinajstić information content (AvgIpc) is 2.34. The first-order valence-electron chi connectivity index (χ1n) is 5.64. The van der Waals surface area contributed by atoms with Crippen LogP contribution < -0.4 is 4.74 Å². The summed E-state index contributed by atoms with van der Waals surface area (Å²) in [7, 11) is 0.